The zero-order chi connectivity index (χ0) is 17.6. The van der Waals surface area contributed by atoms with Gasteiger partial charge >= 0.3 is 0 Å². The highest BCUT2D eigenvalue weighted by Gasteiger charge is 2.29. The number of anilines is 1. The van der Waals surface area contributed by atoms with Crippen LogP contribution in [0.15, 0.2) is 18.2 Å². The van der Waals surface area contributed by atoms with E-state index in [2.05, 4.69) is 10.2 Å². The first-order chi connectivity index (χ1) is 12.2. The molecule has 2 fully saturated rings. The Bertz CT molecular complexity index is 645. The van der Waals surface area contributed by atoms with Crippen molar-refractivity contribution in [3.63, 3.8) is 0 Å². The summed E-state index contributed by atoms with van der Waals surface area (Å²) in [6.45, 7) is 3.78. The molecule has 6 heteroatoms. The molecule has 1 N–H and O–H groups in total. The summed E-state index contributed by atoms with van der Waals surface area (Å²) < 4.78 is 5.80. The van der Waals surface area contributed by atoms with Crippen LogP contribution in [0.25, 0.3) is 0 Å². The van der Waals surface area contributed by atoms with E-state index >= 15 is 0 Å². The van der Waals surface area contributed by atoms with Crippen LogP contribution in [0.3, 0.4) is 0 Å². The van der Waals surface area contributed by atoms with Gasteiger partial charge in [-0.2, -0.15) is 5.26 Å². The number of hydrogen-bond acceptors (Lipinski definition) is 4. The van der Waals surface area contributed by atoms with Gasteiger partial charge in [0.2, 0.25) is 5.91 Å². The number of piperidine rings is 1. The van der Waals surface area contributed by atoms with Crippen LogP contribution in [0, 0.1) is 17.2 Å². The number of ether oxygens (including phenoxy) is 1. The number of benzene rings is 1. The number of rotatable bonds is 5. The zero-order valence-corrected chi connectivity index (χ0v) is 15.1. The predicted octanol–water partition coefficient (Wildman–Crippen LogP) is 3.43. The van der Waals surface area contributed by atoms with Gasteiger partial charge in [0.15, 0.2) is 0 Å². The van der Waals surface area contributed by atoms with Gasteiger partial charge in [-0.15, -0.1) is 0 Å². The van der Waals surface area contributed by atoms with Crippen molar-refractivity contribution in [3.05, 3.63) is 28.8 Å². The van der Waals surface area contributed by atoms with Crippen LogP contribution >= 0.6 is 11.6 Å². The van der Waals surface area contributed by atoms with E-state index in [0.29, 0.717) is 34.7 Å². The van der Waals surface area contributed by atoms with E-state index in [9.17, 15) is 4.79 Å². The van der Waals surface area contributed by atoms with E-state index in [4.69, 9.17) is 21.6 Å². The number of nitrogens with one attached hydrogen (secondary N) is 1. The molecule has 2 saturated heterocycles. The van der Waals surface area contributed by atoms with Crippen molar-refractivity contribution in [2.75, 3.05) is 31.6 Å². The van der Waals surface area contributed by atoms with E-state index < -0.39 is 0 Å². The van der Waals surface area contributed by atoms with Crippen molar-refractivity contribution in [2.24, 2.45) is 5.92 Å². The molecule has 25 heavy (non-hydrogen) atoms. The van der Waals surface area contributed by atoms with Gasteiger partial charge in [-0.25, -0.2) is 0 Å². The lowest BCUT2D eigenvalue weighted by atomic mass is 9.90. The molecular formula is C19H24ClN3O2. The van der Waals surface area contributed by atoms with Gasteiger partial charge in [0.1, 0.15) is 6.07 Å². The SMILES string of the molecule is N#Cc1ccc(NC(=O)CCN2CCC(C3CCCO3)CC2)cc1Cl. The second-order valence-electron chi connectivity index (χ2n) is 6.84. The van der Waals surface area contributed by atoms with Gasteiger partial charge in [0, 0.05) is 25.3 Å². The van der Waals surface area contributed by atoms with Crippen LogP contribution < -0.4 is 5.32 Å². The van der Waals surface area contributed by atoms with Gasteiger partial charge in [-0.3, -0.25) is 4.79 Å². The van der Waals surface area contributed by atoms with Crippen molar-refractivity contribution in [3.8, 4) is 6.07 Å². The number of hydrogen-bond donors (Lipinski definition) is 1. The number of amides is 1. The third-order valence-electron chi connectivity index (χ3n) is 5.15. The summed E-state index contributed by atoms with van der Waals surface area (Å²) in [4.78, 5) is 14.5. The first-order valence-corrected chi connectivity index (χ1v) is 9.37. The fourth-order valence-corrected chi connectivity index (χ4v) is 3.91. The second-order valence-corrected chi connectivity index (χ2v) is 7.24. The minimum absolute atomic E-state index is 0.0259. The first-order valence-electron chi connectivity index (χ1n) is 8.99. The molecule has 0 spiro atoms. The smallest absolute Gasteiger partial charge is 0.225 e. The molecular weight excluding hydrogens is 338 g/mol. The molecule has 134 valence electrons. The van der Waals surface area contributed by atoms with Gasteiger partial charge in [-0.05, 0) is 62.9 Å². The summed E-state index contributed by atoms with van der Waals surface area (Å²) in [7, 11) is 0. The Balaban J connectivity index is 1.39. The molecule has 0 aliphatic carbocycles. The van der Waals surface area contributed by atoms with Crippen LogP contribution in [-0.2, 0) is 9.53 Å². The Morgan fingerprint density at radius 2 is 2.16 bits per heavy atom. The Morgan fingerprint density at radius 3 is 2.80 bits per heavy atom. The Hall–Kier alpha value is -1.61. The van der Waals surface area contributed by atoms with Crippen molar-refractivity contribution in [1.29, 1.82) is 5.26 Å². The number of carbonyl (C=O) groups excluding carboxylic acids is 1. The Morgan fingerprint density at radius 1 is 1.36 bits per heavy atom. The standard InChI is InChI=1S/C19H24ClN3O2/c20-17-12-16(4-3-15(17)13-21)22-19(24)7-10-23-8-5-14(6-9-23)18-2-1-11-25-18/h3-4,12,14,18H,1-2,5-11H2,(H,22,24). The molecule has 0 aromatic heterocycles. The predicted molar refractivity (Wildman–Crippen MR) is 97.6 cm³/mol. The van der Waals surface area contributed by atoms with Gasteiger partial charge < -0.3 is 15.0 Å². The minimum atomic E-state index is -0.0259. The van der Waals surface area contributed by atoms with Crippen LogP contribution in [0.5, 0.6) is 0 Å². The number of nitrogens with zero attached hydrogens (tertiary/aromatic N) is 2. The maximum absolute atomic E-state index is 12.1. The van der Waals surface area contributed by atoms with Crippen molar-refractivity contribution in [2.45, 2.75) is 38.2 Å². The average molecular weight is 362 g/mol. The summed E-state index contributed by atoms with van der Waals surface area (Å²) in [6, 6.07) is 6.95. The van der Waals surface area contributed by atoms with Crippen molar-refractivity contribution >= 4 is 23.2 Å². The number of nitriles is 1. The largest absolute Gasteiger partial charge is 0.378 e. The number of carbonyl (C=O) groups is 1. The molecule has 1 aromatic carbocycles. The molecule has 0 radical (unpaired) electrons. The first kappa shape index (κ1) is 18.2. The quantitative estimate of drug-likeness (QED) is 0.872. The van der Waals surface area contributed by atoms with Gasteiger partial charge in [0.05, 0.1) is 16.7 Å². The molecule has 0 saturated carbocycles. The van der Waals surface area contributed by atoms with Gasteiger partial charge in [0.25, 0.3) is 0 Å². The van der Waals surface area contributed by atoms with E-state index in [1.165, 1.54) is 12.8 Å². The highest BCUT2D eigenvalue weighted by atomic mass is 35.5. The summed E-state index contributed by atoms with van der Waals surface area (Å²) in [5.41, 5.74) is 1.04. The summed E-state index contributed by atoms with van der Waals surface area (Å²) in [5.74, 6) is 0.662. The summed E-state index contributed by atoms with van der Waals surface area (Å²) in [6.07, 6.45) is 5.66. The van der Waals surface area contributed by atoms with Crippen LogP contribution in [0.4, 0.5) is 5.69 Å². The van der Waals surface area contributed by atoms with Crippen LogP contribution in [0.2, 0.25) is 5.02 Å². The minimum Gasteiger partial charge on any atom is -0.378 e. The molecule has 1 unspecified atom stereocenters. The molecule has 2 heterocycles. The summed E-state index contributed by atoms with van der Waals surface area (Å²) >= 11 is 5.99. The number of halogens is 1. The maximum atomic E-state index is 12.1. The van der Waals surface area contributed by atoms with E-state index in [1.807, 2.05) is 6.07 Å². The van der Waals surface area contributed by atoms with E-state index in [-0.39, 0.29) is 5.91 Å². The maximum Gasteiger partial charge on any atom is 0.225 e. The molecule has 3 rings (SSSR count). The lowest BCUT2D eigenvalue weighted by Crippen LogP contribution is -2.39. The molecule has 5 nitrogen and oxygen atoms in total. The van der Waals surface area contributed by atoms with E-state index in [0.717, 1.165) is 39.1 Å². The second kappa shape index (κ2) is 8.66. The van der Waals surface area contributed by atoms with Crippen molar-refractivity contribution < 1.29 is 9.53 Å². The Labute approximate surface area is 153 Å². The molecule has 0 bridgehead atoms. The molecule has 1 amide bonds. The molecule has 2 aliphatic rings. The molecule has 2 aliphatic heterocycles. The van der Waals surface area contributed by atoms with Crippen LogP contribution in [0.1, 0.15) is 37.7 Å². The third kappa shape index (κ3) is 4.94. The highest BCUT2D eigenvalue weighted by molar-refractivity contribution is 6.32. The van der Waals surface area contributed by atoms with Gasteiger partial charge in [-0.1, -0.05) is 11.6 Å². The monoisotopic (exact) mass is 361 g/mol. The zero-order valence-electron chi connectivity index (χ0n) is 14.3. The topological polar surface area (TPSA) is 65.4 Å². The van der Waals surface area contributed by atoms with Crippen LogP contribution in [-0.4, -0.2) is 43.2 Å². The third-order valence-corrected chi connectivity index (χ3v) is 5.46. The highest BCUT2D eigenvalue weighted by Crippen LogP contribution is 2.28. The normalized spacial score (nSPS) is 21.8. The average Bonchev–Trinajstić information content (AvgIpc) is 3.15. The molecule has 1 aromatic rings. The van der Waals surface area contributed by atoms with E-state index in [1.54, 1.807) is 18.2 Å². The summed E-state index contributed by atoms with van der Waals surface area (Å²) in [5, 5.41) is 12.1. The Kier molecular flexibility index (Phi) is 6.30. The lowest BCUT2D eigenvalue weighted by Gasteiger charge is -2.34. The lowest BCUT2D eigenvalue weighted by molar-refractivity contribution is -0.116. The fraction of sp³-hybridized carbons (Fsp3) is 0.579. The van der Waals surface area contributed by atoms with Crippen molar-refractivity contribution in [1.82, 2.24) is 4.90 Å². The molecule has 1 atom stereocenters. The fourth-order valence-electron chi connectivity index (χ4n) is 3.69. The number of likely N-dealkylation sites (tertiary alicyclic amines) is 1.